The van der Waals surface area contributed by atoms with E-state index in [0.717, 1.165) is 24.0 Å². The van der Waals surface area contributed by atoms with Gasteiger partial charge in [-0.2, -0.15) is 0 Å². The van der Waals surface area contributed by atoms with Crippen molar-refractivity contribution in [3.8, 4) is 5.75 Å². The second-order valence-electron chi connectivity index (χ2n) is 4.15. The van der Waals surface area contributed by atoms with E-state index >= 15 is 0 Å². The van der Waals surface area contributed by atoms with E-state index in [1.54, 1.807) is 7.11 Å². The van der Waals surface area contributed by atoms with Crippen LogP contribution in [0.2, 0.25) is 0 Å². The molecule has 16 heavy (non-hydrogen) atoms. The van der Waals surface area contributed by atoms with E-state index in [4.69, 9.17) is 4.74 Å². The lowest BCUT2D eigenvalue weighted by molar-refractivity contribution is 0.405. The van der Waals surface area contributed by atoms with Gasteiger partial charge >= 0.3 is 0 Å². The quantitative estimate of drug-likeness (QED) is 0.582. The molecule has 1 aromatic rings. The van der Waals surface area contributed by atoms with Crippen LogP contribution in [0.4, 0.5) is 0 Å². The number of nitrogens with one attached hydrogen (secondary N) is 1. The van der Waals surface area contributed by atoms with Crippen molar-refractivity contribution in [3.05, 3.63) is 24.3 Å². The number of hydrogen-bond acceptors (Lipinski definition) is 3. The Hall–Kier alpha value is -0.670. The number of hydrogen-bond donors (Lipinski definition) is 1. The number of rotatable bonds is 7. The first-order valence-electron chi connectivity index (χ1n) is 5.86. The van der Waals surface area contributed by atoms with E-state index < -0.39 is 0 Å². The summed E-state index contributed by atoms with van der Waals surface area (Å²) in [5.41, 5.74) is 0. The molecular formula is C13H19NOS. The van der Waals surface area contributed by atoms with Gasteiger partial charge in [0, 0.05) is 17.2 Å². The monoisotopic (exact) mass is 237 g/mol. The van der Waals surface area contributed by atoms with Crippen molar-refractivity contribution in [3.63, 3.8) is 0 Å². The van der Waals surface area contributed by atoms with Crippen molar-refractivity contribution in [1.29, 1.82) is 0 Å². The SMILES string of the molecule is COc1ccccc1SCCNCC1CC1. The zero-order chi connectivity index (χ0) is 11.2. The molecular weight excluding hydrogens is 218 g/mol. The Morgan fingerprint density at radius 1 is 1.38 bits per heavy atom. The highest BCUT2D eigenvalue weighted by Crippen LogP contribution is 2.29. The molecule has 88 valence electrons. The third-order valence-corrected chi connectivity index (χ3v) is 3.79. The van der Waals surface area contributed by atoms with Crippen molar-refractivity contribution < 1.29 is 4.74 Å². The summed E-state index contributed by atoms with van der Waals surface area (Å²) in [6.45, 7) is 2.28. The van der Waals surface area contributed by atoms with E-state index in [1.165, 1.54) is 24.3 Å². The fourth-order valence-electron chi connectivity index (χ4n) is 1.60. The lowest BCUT2D eigenvalue weighted by Gasteiger charge is -2.07. The predicted octanol–water partition coefficient (Wildman–Crippen LogP) is 2.79. The Labute approximate surface area is 102 Å². The first kappa shape index (κ1) is 11.8. The lowest BCUT2D eigenvalue weighted by Crippen LogP contribution is -2.19. The number of methoxy groups -OCH3 is 1. The molecule has 1 fully saturated rings. The molecule has 1 N–H and O–H groups in total. The van der Waals surface area contributed by atoms with Crippen LogP contribution in [0.1, 0.15) is 12.8 Å². The molecule has 0 amide bonds. The molecule has 0 heterocycles. The first-order chi connectivity index (χ1) is 7.90. The Kier molecular flexibility index (Phi) is 4.55. The van der Waals surface area contributed by atoms with Gasteiger partial charge in [-0.1, -0.05) is 12.1 Å². The summed E-state index contributed by atoms with van der Waals surface area (Å²) in [6.07, 6.45) is 2.85. The zero-order valence-electron chi connectivity index (χ0n) is 9.74. The lowest BCUT2D eigenvalue weighted by atomic mass is 10.3. The van der Waals surface area contributed by atoms with E-state index in [0.29, 0.717) is 0 Å². The normalized spacial score (nSPS) is 15.1. The summed E-state index contributed by atoms with van der Waals surface area (Å²) in [5.74, 6) is 3.05. The van der Waals surface area contributed by atoms with Gasteiger partial charge in [-0.15, -0.1) is 11.8 Å². The van der Waals surface area contributed by atoms with Crippen molar-refractivity contribution in [2.45, 2.75) is 17.7 Å². The topological polar surface area (TPSA) is 21.3 Å². The molecule has 1 aliphatic carbocycles. The van der Waals surface area contributed by atoms with Gasteiger partial charge < -0.3 is 10.1 Å². The summed E-state index contributed by atoms with van der Waals surface area (Å²) in [4.78, 5) is 1.23. The minimum absolute atomic E-state index is 0.969. The van der Waals surface area contributed by atoms with Gasteiger partial charge in [-0.05, 0) is 37.4 Å². The van der Waals surface area contributed by atoms with E-state index in [2.05, 4.69) is 17.4 Å². The largest absolute Gasteiger partial charge is 0.496 e. The van der Waals surface area contributed by atoms with Gasteiger partial charge in [0.05, 0.1) is 7.11 Å². The first-order valence-corrected chi connectivity index (χ1v) is 6.85. The number of benzene rings is 1. The van der Waals surface area contributed by atoms with Crippen LogP contribution in [0.3, 0.4) is 0 Å². The average molecular weight is 237 g/mol. The Morgan fingerprint density at radius 2 is 2.19 bits per heavy atom. The second-order valence-corrected chi connectivity index (χ2v) is 5.28. The molecule has 2 rings (SSSR count). The summed E-state index contributed by atoms with van der Waals surface area (Å²) in [6, 6.07) is 8.20. The third kappa shape index (κ3) is 3.72. The summed E-state index contributed by atoms with van der Waals surface area (Å²) in [5, 5.41) is 3.49. The van der Waals surface area contributed by atoms with E-state index in [1.807, 2.05) is 23.9 Å². The van der Waals surface area contributed by atoms with Crippen LogP contribution in [0, 0.1) is 5.92 Å². The highest BCUT2D eigenvalue weighted by atomic mass is 32.2. The fraction of sp³-hybridized carbons (Fsp3) is 0.538. The van der Waals surface area contributed by atoms with Crippen LogP contribution in [0.5, 0.6) is 5.75 Å². The highest BCUT2D eigenvalue weighted by molar-refractivity contribution is 7.99. The number of ether oxygens (including phenoxy) is 1. The van der Waals surface area contributed by atoms with Crippen molar-refractivity contribution in [1.82, 2.24) is 5.32 Å². The molecule has 0 aliphatic heterocycles. The molecule has 1 saturated carbocycles. The van der Waals surface area contributed by atoms with Gasteiger partial charge in [0.25, 0.3) is 0 Å². The van der Waals surface area contributed by atoms with Crippen LogP contribution in [0.25, 0.3) is 0 Å². The van der Waals surface area contributed by atoms with Gasteiger partial charge in [0.2, 0.25) is 0 Å². The average Bonchev–Trinajstić information content (AvgIpc) is 3.13. The summed E-state index contributed by atoms with van der Waals surface area (Å²) in [7, 11) is 1.73. The van der Waals surface area contributed by atoms with Crippen molar-refractivity contribution >= 4 is 11.8 Å². The highest BCUT2D eigenvalue weighted by Gasteiger charge is 2.19. The predicted molar refractivity (Wildman–Crippen MR) is 69.3 cm³/mol. The van der Waals surface area contributed by atoms with Crippen LogP contribution in [-0.2, 0) is 0 Å². The third-order valence-electron chi connectivity index (χ3n) is 2.74. The van der Waals surface area contributed by atoms with Gasteiger partial charge in [0.15, 0.2) is 0 Å². The van der Waals surface area contributed by atoms with Crippen LogP contribution < -0.4 is 10.1 Å². The molecule has 0 aromatic heterocycles. The Balaban J connectivity index is 1.67. The van der Waals surface area contributed by atoms with E-state index in [9.17, 15) is 0 Å². The van der Waals surface area contributed by atoms with E-state index in [-0.39, 0.29) is 0 Å². The maximum Gasteiger partial charge on any atom is 0.132 e. The van der Waals surface area contributed by atoms with Crippen molar-refractivity contribution in [2.24, 2.45) is 5.92 Å². The Morgan fingerprint density at radius 3 is 2.94 bits per heavy atom. The molecule has 3 heteroatoms. The maximum absolute atomic E-state index is 5.31. The molecule has 0 spiro atoms. The van der Waals surface area contributed by atoms with Gasteiger partial charge in [0.1, 0.15) is 5.75 Å². The summed E-state index contributed by atoms with van der Waals surface area (Å²) >= 11 is 1.86. The molecule has 0 radical (unpaired) electrons. The zero-order valence-corrected chi connectivity index (χ0v) is 10.6. The number of para-hydroxylation sites is 1. The molecule has 2 nitrogen and oxygen atoms in total. The van der Waals surface area contributed by atoms with Gasteiger partial charge in [-0.3, -0.25) is 0 Å². The molecule has 1 aromatic carbocycles. The maximum atomic E-state index is 5.31. The summed E-state index contributed by atoms with van der Waals surface area (Å²) < 4.78 is 5.31. The minimum atomic E-state index is 0.969. The molecule has 0 bridgehead atoms. The van der Waals surface area contributed by atoms with Crippen molar-refractivity contribution in [2.75, 3.05) is 26.0 Å². The van der Waals surface area contributed by atoms with Crippen LogP contribution in [-0.4, -0.2) is 26.0 Å². The molecule has 0 atom stereocenters. The molecule has 0 unspecified atom stereocenters. The van der Waals surface area contributed by atoms with Crippen LogP contribution >= 0.6 is 11.8 Å². The Bertz CT molecular complexity index is 325. The molecule has 0 saturated heterocycles. The number of thioether (sulfide) groups is 1. The van der Waals surface area contributed by atoms with Crippen LogP contribution in [0.15, 0.2) is 29.2 Å². The van der Waals surface area contributed by atoms with Gasteiger partial charge in [-0.25, -0.2) is 0 Å². The molecule has 1 aliphatic rings. The second kappa shape index (κ2) is 6.16. The fourth-order valence-corrected chi connectivity index (χ4v) is 2.53. The minimum Gasteiger partial charge on any atom is -0.496 e. The standard InChI is InChI=1S/C13H19NOS/c1-15-12-4-2-3-5-13(12)16-9-8-14-10-11-6-7-11/h2-5,11,14H,6-10H2,1H3. The smallest absolute Gasteiger partial charge is 0.132 e.